The van der Waals surface area contributed by atoms with Gasteiger partial charge in [0.1, 0.15) is 5.78 Å². The van der Waals surface area contributed by atoms with Gasteiger partial charge in [0, 0.05) is 27.5 Å². The van der Waals surface area contributed by atoms with Crippen LogP contribution in [0.1, 0.15) is 18.4 Å². The molecule has 6 heteroatoms. The van der Waals surface area contributed by atoms with Gasteiger partial charge in [0.25, 0.3) is 0 Å². The Balaban J connectivity index is 2.24. The average Bonchev–Trinajstić information content (AvgIpc) is 2.13. The van der Waals surface area contributed by atoms with Crippen LogP contribution in [0, 0.1) is 0 Å². The number of hydrogen-bond donors (Lipinski definition) is 0. The molecule has 0 radical (unpaired) electrons. The van der Waals surface area contributed by atoms with E-state index in [0.29, 0.717) is 17.3 Å². The molecular formula is C11H8BrF3OS. The van der Waals surface area contributed by atoms with Crippen LogP contribution in [0.4, 0.5) is 13.2 Å². The maximum absolute atomic E-state index is 12.7. The zero-order valence-electron chi connectivity index (χ0n) is 8.55. The summed E-state index contributed by atoms with van der Waals surface area (Å²) in [5.74, 6) is 0.117. The summed E-state index contributed by atoms with van der Waals surface area (Å²) >= 11 is 4.29. The van der Waals surface area contributed by atoms with Gasteiger partial charge >= 0.3 is 6.18 Å². The predicted octanol–water partition coefficient (Wildman–Crippen LogP) is 4.29. The number of rotatable bonds is 2. The van der Waals surface area contributed by atoms with E-state index >= 15 is 0 Å². The van der Waals surface area contributed by atoms with Gasteiger partial charge in [0.15, 0.2) is 0 Å². The molecule has 0 unspecified atom stereocenters. The van der Waals surface area contributed by atoms with Crippen molar-refractivity contribution in [2.24, 2.45) is 0 Å². The fourth-order valence-corrected chi connectivity index (χ4v) is 3.45. The van der Waals surface area contributed by atoms with E-state index in [2.05, 4.69) is 15.9 Å². The number of benzene rings is 1. The smallest absolute Gasteiger partial charge is 0.300 e. The molecule has 17 heavy (non-hydrogen) atoms. The van der Waals surface area contributed by atoms with Gasteiger partial charge in [-0.05, 0) is 18.2 Å². The molecule has 0 atom stereocenters. The highest BCUT2D eigenvalue weighted by Crippen LogP contribution is 2.42. The van der Waals surface area contributed by atoms with Gasteiger partial charge < -0.3 is 0 Å². The normalized spacial score (nSPS) is 17.1. The van der Waals surface area contributed by atoms with Crippen molar-refractivity contribution < 1.29 is 18.0 Å². The van der Waals surface area contributed by atoms with Gasteiger partial charge in [0.05, 0.1) is 5.56 Å². The van der Waals surface area contributed by atoms with Crippen LogP contribution in [0.2, 0.25) is 0 Å². The summed E-state index contributed by atoms with van der Waals surface area (Å²) in [6.07, 6.45) is -3.61. The Morgan fingerprint density at radius 2 is 1.94 bits per heavy atom. The summed E-state index contributed by atoms with van der Waals surface area (Å²) in [5, 5.41) is -0.0158. The zero-order chi connectivity index (χ0) is 12.6. The molecule has 0 spiro atoms. The Kier molecular flexibility index (Phi) is 3.54. The van der Waals surface area contributed by atoms with Crippen molar-refractivity contribution in [3.8, 4) is 0 Å². The fraction of sp³-hybridized carbons (Fsp3) is 0.364. The van der Waals surface area contributed by atoms with E-state index in [0.717, 1.165) is 17.8 Å². The summed E-state index contributed by atoms with van der Waals surface area (Å²) in [4.78, 5) is 11.0. The monoisotopic (exact) mass is 324 g/mol. The van der Waals surface area contributed by atoms with Crippen molar-refractivity contribution in [2.75, 3.05) is 0 Å². The van der Waals surface area contributed by atoms with E-state index in [-0.39, 0.29) is 15.9 Å². The van der Waals surface area contributed by atoms with Crippen molar-refractivity contribution >= 4 is 33.5 Å². The Morgan fingerprint density at radius 3 is 2.47 bits per heavy atom. The number of ketones is 1. The highest BCUT2D eigenvalue weighted by atomic mass is 79.9. The van der Waals surface area contributed by atoms with Crippen LogP contribution in [-0.2, 0) is 11.0 Å². The molecule has 0 aliphatic heterocycles. The van der Waals surface area contributed by atoms with Gasteiger partial charge in [-0.3, -0.25) is 4.79 Å². The van der Waals surface area contributed by atoms with Gasteiger partial charge in [-0.1, -0.05) is 15.9 Å². The minimum Gasteiger partial charge on any atom is -0.300 e. The summed E-state index contributed by atoms with van der Waals surface area (Å²) in [5.41, 5.74) is -0.634. The maximum Gasteiger partial charge on any atom is 0.417 e. The summed E-state index contributed by atoms with van der Waals surface area (Å²) in [6, 6.07) is 3.89. The Hall–Kier alpha value is -0.490. The molecule has 1 nitrogen and oxygen atoms in total. The molecule has 0 N–H and O–H groups in total. The standard InChI is InChI=1S/C11H8BrF3OS/c12-6-1-2-9(11(13,14)15)10(3-6)17-8-4-7(16)5-8/h1-3,8H,4-5H2. The first-order chi connectivity index (χ1) is 7.86. The number of carbonyl (C=O) groups excluding carboxylic acids is 1. The van der Waals surface area contributed by atoms with Crippen LogP contribution in [0.15, 0.2) is 27.6 Å². The third kappa shape index (κ3) is 3.04. The summed E-state index contributed by atoms with van der Waals surface area (Å²) < 4.78 is 38.8. The fourth-order valence-electron chi connectivity index (χ4n) is 1.54. The Bertz CT molecular complexity index is 451. The highest BCUT2D eigenvalue weighted by molar-refractivity contribution is 9.10. The molecule has 1 aliphatic carbocycles. The molecule has 1 saturated carbocycles. The van der Waals surface area contributed by atoms with Crippen molar-refractivity contribution in [2.45, 2.75) is 29.2 Å². The molecule has 0 bridgehead atoms. The minimum absolute atomic E-state index is 0.0158. The van der Waals surface area contributed by atoms with E-state index in [9.17, 15) is 18.0 Å². The molecule has 1 aromatic carbocycles. The van der Waals surface area contributed by atoms with Crippen molar-refractivity contribution in [1.82, 2.24) is 0 Å². The molecule has 1 aliphatic rings. The largest absolute Gasteiger partial charge is 0.417 e. The number of alkyl halides is 3. The lowest BCUT2D eigenvalue weighted by atomic mass is 9.98. The lowest BCUT2D eigenvalue weighted by Crippen LogP contribution is -2.25. The lowest BCUT2D eigenvalue weighted by molar-refractivity contribution is -0.139. The Labute approximate surface area is 109 Å². The summed E-state index contributed by atoms with van der Waals surface area (Å²) in [6.45, 7) is 0. The number of Topliss-reactive ketones (excluding diaryl/α,β-unsaturated/α-hetero) is 1. The van der Waals surface area contributed by atoms with Crippen LogP contribution in [0.3, 0.4) is 0 Å². The molecule has 0 heterocycles. The van der Waals surface area contributed by atoms with Crippen LogP contribution in [0.5, 0.6) is 0 Å². The average molecular weight is 325 g/mol. The second-order valence-electron chi connectivity index (χ2n) is 3.83. The number of hydrogen-bond acceptors (Lipinski definition) is 2. The van der Waals surface area contributed by atoms with Crippen LogP contribution in [0.25, 0.3) is 0 Å². The van der Waals surface area contributed by atoms with Crippen LogP contribution in [-0.4, -0.2) is 11.0 Å². The van der Waals surface area contributed by atoms with Crippen LogP contribution >= 0.6 is 27.7 Å². The molecule has 2 rings (SSSR count). The number of thioether (sulfide) groups is 1. The van der Waals surface area contributed by atoms with E-state index in [1.807, 2.05) is 0 Å². The second kappa shape index (κ2) is 4.65. The first-order valence-electron chi connectivity index (χ1n) is 4.91. The SMILES string of the molecule is O=C1CC(Sc2cc(Br)ccc2C(F)(F)F)C1. The quantitative estimate of drug-likeness (QED) is 0.807. The van der Waals surface area contributed by atoms with Crippen molar-refractivity contribution in [1.29, 1.82) is 0 Å². The van der Waals surface area contributed by atoms with Crippen LogP contribution < -0.4 is 0 Å². The first-order valence-corrected chi connectivity index (χ1v) is 6.58. The topological polar surface area (TPSA) is 17.1 Å². The third-order valence-corrected chi connectivity index (χ3v) is 4.20. The van der Waals surface area contributed by atoms with Gasteiger partial charge in [0.2, 0.25) is 0 Å². The molecular weight excluding hydrogens is 317 g/mol. The Morgan fingerprint density at radius 1 is 1.29 bits per heavy atom. The second-order valence-corrected chi connectivity index (χ2v) is 6.08. The molecule has 0 aromatic heterocycles. The van der Waals surface area contributed by atoms with E-state index in [1.165, 1.54) is 12.1 Å². The summed E-state index contributed by atoms with van der Waals surface area (Å²) in [7, 11) is 0. The van der Waals surface area contributed by atoms with Gasteiger partial charge in [-0.2, -0.15) is 13.2 Å². The predicted molar refractivity (Wildman–Crippen MR) is 63.0 cm³/mol. The molecule has 0 amide bonds. The molecule has 0 saturated heterocycles. The van der Waals surface area contributed by atoms with E-state index in [1.54, 1.807) is 0 Å². The van der Waals surface area contributed by atoms with Crippen molar-refractivity contribution in [3.05, 3.63) is 28.2 Å². The number of carbonyl (C=O) groups is 1. The highest BCUT2D eigenvalue weighted by Gasteiger charge is 2.36. The molecule has 1 fully saturated rings. The third-order valence-electron chi connectivity index (χ3n) is 2.45. The van der Waals surface area contributed by atoms with Crippen molar-refractivity contribution in [3.63, 3.8) is 0 Å². The number of halogens is 4. The molecule has 92 valence electrons. The van der Waals surface area contributed by atoms with E-state index in [4.69, 9.17) is 0 Å². The molecule has 1 aromatic rings. The lowest BCUT2D eigenvalue weighted by Gasteiger charge is -2.24. The zero-order valence-corrected chi connectivity index (χ0v) is 11.0. The minimum atomic E-state index is -4.35. The van der Waals surface area contributed by atoms with Gasteiger partial charge in [-0.25, -0.2) is 0 Å². The van der Waals surface area contributed by atoms with Gasteiger partial charge in [-0.15, -0.1) is 11.8 Å². The maximum atomic E-state index is 12.7. The van der Waals surface area contributed by atoms with E-state index < -0.39 is 11.7 Å². The first kappa shape index (κ1) is 13.0.